The second-order valence-electron chi connectivity index (χ2n) is 7.72. The molecule has 2 aliphatic heterocycles. The summed E-state index contributed by atoms with van der Waals surface area (Å²) in [6.45, 7) is 2.77. The van der Waals surface area contributed by atoms with Crippen molar-refractivity contribution in [2.45, 2.75) is 12.5 Å². The number of fused-ring (bicyclic) bond motifs is 1. The van der Waals surface area contributed by atoms with Gasteiger partial charge in [0.15, 0.2) is 9.84 Å². The van der Waals surface area contributed by atoms with Crippen LogP contribution in [0.1, 0.15) is 6.42 Å². The number of nitrogens with zero attached hydrogens (tertiary/aromatic N) is 5. The fraction of sp³-hybridized carbons (Fsp3) is 0.421. The predicted octanol–water partition coefficient (Wildman–Crippen LogP) is 1.07. The number of aromatic amines is 1. The highest BCUT2D eigenvalue weighted by molar-refractivity contribution is 7.91. The van der Waals surface area contributed by atoms with E-state index in [1.807, 2.05) is 29.2 Å². The van der Waals surface area contributed by atoms with Gasteiger partial charge < -0.3 is 9.88 Å². The third-order valence-electron chi connectivity index (χ3n) is 5.86. The number of benzene rings is 1. The molecule has 158 valence electrons. The largest absolute Gasteiger partial charge is 0.366 e. The van der Waals surface area contributed by atoms with Crippen LogP contribution in [0.3, 0.4) is 0 Å². The summed E-state index contributed by atoms with van der Waals surface area (Å²) < 4.78 is 24.7. The fourth-order valence-corrected chi connectivity index (χ4v) is 6.24. The highest BCUT2D eigenvalue weighted by Gasteiger charge is 2.34. The maximum absolute atomic E-state index is 12.9. The number of rotatable bonds is 3. The fourth-order valence-electron chi connectivity index (χ4n) is 4.23. The molecule has 3 aromatic rings. The van der Waals surface area contributed by atoms with Crippen molar-refractivity contribution in [1.82, 2.24) is 24.6 Å². The molecule has 0 bridgehead atoms. The van der Waals surface area contributed by atoms with Gasteiger partial charge in [-0.05, 0) is 18.6 Å². The molecule has 0 spiro atoms. The van der Waals surface area contributed by atoms with Crippen LogP contribution in [0.25, 0.3) is 17.0 Å². The molecule has 0 aliphatic carbocycles. The highest BCUT2D eigenvalue weighted by atomic mass is 35.5. The van der Waals surface area contributed by atoms with E-state index in [0.717, 1.165) is 24.1 Å². The lowest BCUT2D eigenvalue weighted by Gasteiger charge is -2.38. The van der Waals surface area contributed by atoms with Crippen molar-refractivity contribution in [2.24, 2.45) is 0 Å². The Morgan fingerprint density at radius 3 is 2.60 bits per heavy atom. The molecule has 5 rings (SSSR count). The van der Waals surface area contributed by atoms with E-state index in [1.165, 1.54) is 4.68 Å². The standard InChI is InChI=1S/C19H21ClN6O3S/c20-17-16(25-8-6-24(7-9-25)13-5-10-30(28,29)12-13)11-21-26(18(17)27)19-22-14-3-1-2-4-15(14)23-19/h1-4,11,13H,5-10,12H2,(H,22,23). The van der Waals surface area contributed by atoms with Gasteiger partial charge in [0.05, 0.1) is 34.4 Å². The number of anilines is 1. The Balaban J connectivity index is 1.35. The lowest BCUT2D eigenvalue weighted by Crippen LogP contribution is -2.51. The average Bonchev–Trinajstić information content (AvgIpc) is 3.33. The van der Waals surface area contributed by atoms with E-state index in [9.17, 15) is 13.2 Å². The number of H-pyrrole nitrogens is 1. The lowest BCUT2D eigenvalue weighted by atomic mass is 10.2. The summed E-state index contributed by atoms with van der Waals surface area (Å²) in [5.74, 6) is 0.832. The second-order valence-corrected chi connectivity index (χ2v) is 10.3. The molecule has 0 saturated carbocycles. The first-order valence-electron chi connectivity index (χ1n) is 9.84. The smallest absolute Gasteiger partial charge is 0.295 e. The first-order valence-corrected chi connectivity index (χ1v) is 12.0. The number of para-hydroxylation sites is 2. The number of piperazine rings is 1. The number of sulfone groups is 1. The summed E-state index contributed by atoms with van der Waals surface area (Å²) in [5, 5.41) is 4.39. The minimum Gasteiger partial charge on any atom is -0.366 e. The summed E-state index contributed by atoms with van der Waals surface area (Å²) >= 11 is 6.43. The summed E-state index contributed by atoms with van der Waals surface area (Å²) in [6.07, 6.45) is 2.28. The van der Waals surface area contributed by atoms with Gasteiger partial charge in [0, 0.05) is 32.2 Å². The number of nitrogens with one attached hydrogen (secondary N) is 1. The van der Waals surface area contributed by atoms with Crippen molar-refractivity contribution in [3.8, 4) is 5.95 Å². The van der Waals surface area contributed by atoms with Crippen LogP contribution in [0.5, 0.6) is 0 Å². The van der Waals surface area contributed by atoms with E-state index >= 15 is 0 Å². The van der Waals surface area contributed by atoms with Gasteiger partial charge in [-0.1, -0.05) is 23.7 Å². The molecule has 0 amide bonds. The molecule has 1 N–H and O–H groups in total. The zero-order valence-corrected chi connectivity index (χ0v) is 17.7. The van der Waals surface area contributed by atoms with Gasteiger partial charge in [-0.25, -0.2) is 13.4 Å². The maximum atomic E-state index is 12.9. The van der Waals surface area contributed by atoms with Gasteiger partial charge in [-0.3, -0.25) is 9.69 Å². The Labute approximate surface area is 178 Å². The Kier molecular flexibility index (Phi) is 4.79. The van der Waals surface area contributed by atoms with Crippen LogP contribution in [0.15, 0.2) is 35.3 Å². The normalized spacial score (nSPS) is 22.0. The number of hydrogen-bond donors (Lipinski definition) is 1. The van der Waals surface area contributed by atoms with Gasteiger partial charge in [-0.15, -0.1) is 0 Å². The third kappa shape index (κ3) is 3.48. The van der Waals surface area contributed by atoms with E-state index in [4.69, 9.17) is 11.6 Å². The quantitative estimate of drug-likeness (QED) is 0.639. The van der Waals surface area contributed by atoms with Crippen molar-refractivity contribution in [1.29, 1.82) is 0 Å². The van der Waals surface area contributed by atoms with E-state index in [2.05, 4.69) is 20.0 Å². The molecule has 11 heteroatoms. The number of halogens is 1. The number of hydrogen-bond acceptors (Lipinski definition) is 7. The summed E-state index contributed by atoms with van der Waals surface area (Å²) in [5.41, 5.74) is 1.71. The molecular formula is C19H21ClN6O3S. The van der Waals surface area contributed by atoms with Crippen LogP contribution in [0, 0.1) is 0 Å². The van der Waals surface area contributed by atoms with Crippen molar-refractivity contribution < 1.29 is 8.42 Å². The topological polar surface area (TPSA) is 104 Å². The molecule has 0 radical (unpaired) electrons. The van der Waals surface area contributed by atoms with Gasteiger partial charge in [0.25, 0.3) is 5.56 Å². The number of aromatic nitrogens is 4. The Bertz CT molecular complexity index is 1230. The minimum atomic E-state index is -2.90. The monoisotopic (exact) mass is 448 g/mol. The van der Waals surface area contributed by atoms with Gasteiger partial charge in [0.1, 0.15) is 5.02 Å². The Hall–Kier alpha value is -2.43. The SMILES string of the molecule is O=c1c(Cl)c(N2CCN(C3CCS(=O)(=O)C3)CC2)cnn1-c1nc2ccccc2[nH]1. The van der Waals surface area contributed by atoms with Crippen molar-refractivity contribution in [3.05, 3.63) is 45.8 Å². The van der Waals surface area contributed by atoms with Gasteiger partial charge >= 0.3 is 0 Å². The molecule has 2 aliphatic rings. The van der Waals surface area contributed by atoms with Gasteiger partial charge in [0.2, 0.25) is 5.95 Å². The van der Waals surface area contributed by atoms with Crippen molar-refractivity contribution in [2.75, 3.05) is 42.6 Å². The molecule has 2 fully saturated rings. The average molecular weight is 449 g/mol. The molecule has 1 aromatic carbocycles. The molecule has 9 nitrogen and oxygen atoms in total. The second kappa shape index (κ2) is 7.36. The Morgan fingerprint density at radius 2 is 1.90 bits per heavy atom. The molecule has 4 heterocycles. The molecule has 1 unspecified atom stereocenters. The zero-order chi connectivity index (χ0) is 20.9. The van der Waals surface area contributed by atoms with E-state index in [-0.39, 0.29) is 22.6 Å². The van der Waals surface area contributed by atoms with Gasteiger partial charge in [-0.2, -0.15) is 9.78 Å². The van der Waals surface area contributed by atoms with Crippen LogP contribution in [0.4, 0.5) is 5.69 Å². The lowest BCUT2D eigenvalue weighted by molar-refractivity contribution is 0.200. The first kappa shape index (κ1) is 19.5. The maximum Gasteiger partial charge on any atom is 0.295 e. The first-order chi connectivity index (χ1) is 14.4. The third-order valence-corrected chi connectivity index (χ3v) is 7.96. The summed E-state index contributed by atoms with van der Waals surface area (Å²) in [7, 11) is -2.90. The molecule has 2 aromatic heterocycles. The van der Waals surface area contributed by atoms with Crippen LogP contribution in [0.2, 0.25) is 5.02 Å². The zero-order valence-electron chi connectivity index (χ0n) is 16.2. The van der Waals surface area contributed by atoms with E-state index in [1.54, 1.807) is 6.20 Å². The number of imidazole rings is 1. The van der Waals surface area contributed by atoms with Crippen LogP contribution >= 0.6 is 11.6 Å². The molecule has 30 heavy (non-hydrogen) atoms. The van der Waals surface area contributed by atoms with Crippen LogP contribution in [-0.2, 0) is 9.84 Å². The summed E-state index contributed by atoms with van der Waals surface area (Å²) in [4.78, 5) is 24.6. The van der Waals surface area contributed by atoms with Crippen molar-refractivity contribution >= 4 is 38.2 Å². The molecule has 1 atom stereocenters. The van der Waals surface area contributed by atoms with Crippen molar-refractivity contribution in [3.63, 3.8) is 0 Å². The highest BCUT2D eigenvalue weighted by Crippen LogP contribution is 2.25. The molecule has 2 saturated heterocycles. The Morgan fingerprint density at radius 1 is 1.13 bits per heavy atom. The molecular weight excluding hydrogens is 428 g/mol. The summed E-state index contributed by atoms with van der Waals surface area (Å²) in [6, 6.07) is 7.58. The van der Waals surface area contributed by atoms with Crippen LogP contribution < -0.4 is 10.5 Å². The van der Waals surface area contributed by atoms with E-state index in [0.29, 0.717) is 31.1 Å². The van der Waals surface area contributed by atoms with E-state index < -0.39 is 15.4 Å². The van der Waals surface area contributed by atoms with Crippen LogP contribution in [-0.4, -0.2) is 76.8 Å². The predicted molar refractivity (Wildman–Crippen MR) is 115 cm³/mol. The minimum absolute atomic E-state index is 0.0897.